The maximum atomic E-state index is 11.9. The highest BCUT2D eigenvalue weighted by Crippen LogP contribution is 2.24. The Balaban J connectivity index is 1.97. The number of aromatic nitrogens is 1. The molecular weight excluding hydrogens is 336 g/mol. The number of ether oxygens (including phenoxy) is 1. The van der Waals surface area contributed by atoms with Gasteiger partial charge in [0.1, 0.15) is 0 Å². The van der Waals surface area contributed by atoms with Gasteiger partial charge >= 0.3 is 5.97 Å². The van der Waals surface area contributed by atoms with E-state index in [9.17, 15) is 4.79 Å². The average Bonchev–Trinajstić information content (AvgIpc) is 3.20. The van der Waals surface area contributed by atoms with Gasteiger partial charge < -0.3 is 15.0 Å². The van der Waals surface area contributed by atoms with Gasteiger partial charge in [-0.15, -0.1) is 11.3 Å². The van der Waals surface area contributed by atoms with Gasteiger partial charge in [-0.05, 0) is 12.8 Å². The summed E-state index contributed by atoms with van der Waals surface area (Å²) in [6.45, 7) is 11.5. The van der Waals surface area contributed by atoms with E-state index >= 15 is 0 Å². The lowest BCUT2D eigenvalue weighted by atomic mass is 9.99. The zero-order chi connectivity index (χ0) is 18.4. The first-order valence-corrected chi connectivity index (χ1v) is 9.89. The number of thiazole rings is 1. The number of methoxy groups -OCH3 is 1. The van der Waals surface area contributed by atoms with E-state index in [-0.39, 0.29) is 17.8 Å². The first-order valence-electron chi connectivity index (χ1n) is 9.01. The largest absolute Gasteiger partial charge is 0.469 e. The molecule has 1 aliphatic heterocycles. The fourth-order valence-corrected chi connectivity index (χ4v) is 3.87. The van der Waals surface area contributed by atoms with E-state index in [0.717, 1.165) is 31.2 Å². The predicted molar refractivity (Wildman–Crippen MR) is 102 cm³/mol. The molecule has 1 aliphatic rings. The van der Waals surface area contributed by atoms with Crippen molar-refractivity contribution in [1.29, 1.82) is 0 Å². The minimum atomic E-state index is -0.130. The summed E-state index contributed by atoms with van der Waals surface area (Å²) in [5.41, 5.74) is 1.11. The number of hydrogen-bond donors (Lipinski definition) is 1. The molecule has 1 aromatic heterocycles. The Morgan fingerprint density at radius 1 is 1.52 bits per heavy atom. The minimum absolute atomic E-state index is 0.0824. The first-order chi connectivity index (χ1) is 12.0. The second-order valence-electron chi connectivity index (χ2n) is 6.83. The van der Waals surface area contributed by atoms with Gasteiger partial charge in [0.2, 0.25) is 0 Å². The van der Waals surface area contributed by atoms with E-state index in [0.29, 0.717) is 19.0 Å². The average molecular weight is 367 g/mol. The number of likely N-dealkylation sites (tertiary alicyclic amines) is 1. The highest BCUT2D eigenvalue weighted by Gasteiger charge is 2.36. The van der Waals surface area contributed by atoms with E-state index in [2.05, 4.69) is 48.3 Å². The molecule has 1 aromatic rings. The van der Waals surface area contributed by atoms with Crippen molar-refractivity contribution in [2.45, 2.75) is 40.0 Å². The topological polar surface area (TPSA) is 66.8 Å². The molecule has 0 aliphatic carbocycles. The van der Waals surface area contributed by atoms with Gasteiger partial charge in [-0.1, -0.05) is 20.8 Å². The van der Waals surface area contributed by atoms with Crippen molar-refractivity contribution in [3.8, 4) is 0 Å². The summed E-state index contributed by atoms with van der Waals surface area (Å²) in [6, 6.07) is 0. The number of nitrogens with one attached hydrogen (secondary N) is 1. The highest BCUT2D eigenvalue weighted by molar-refractivity contribution is 7.09. The van der Waals surface area contributed by atoms with Crippen molar-refractivity contribution < 1.29 is 9.53 Å². The van der Waals surface area contributed by atoms with Crippen LogP contribution < -0.4 is 5.32 Å². The van der Waals surface area contributed by atoms with Crippen molar-refractivity contribution >= 4 is 23.3 Å². The summed E-state index contributed by atoms with van der Waals surface area (Å²) in [4.78, 5) is 23.5. The lowest BCUT2D eigenvalue weighted by Gasteiger charge is -2.21. The Hall–Kier alpha value is -1.63. The third-order valence-electron chi connectivity index (χ3n) is 4.44. The lowest BCUT2D eigenvalue weighted by molar-refractivity contribution is -0.145. The molecule has 1 saturated heterocycles. The quantitative estimate of drug-likeness (QED) is 0.476. The zero-order valence-electron chi connectivity index (χ0n) is 15.9. The number of guanidine groups is 1. The van der Waals surface area contributed by atoms with Crippen LogP contribution in [0.2, 0.25) is 0 Å². The summed E-state index contributed by atoms with van der Waals surface area (Å²) >= 11 is 1.72. The van der Waals surface area contributed by atoms with Crippen LogP contribution in [0.3, 0.4) is 0 Å². The van der Waals surface area contributed by atoms with Crippen molar-refractivity contribution in [1.82, 2.24) is 15.2 Å². The lowest BCUT2D eigenvalue weighted by Crippen LogP contribution is -2.40. The molecule has 6 nitrogen and oxygen atoms in total. The van der Waals surface area contributed by atoms with Gasteiger partial charge in [0.15, 0.2) is 5.96 Å². The van der Waals surface area contributed by atoms with Crippen LogP contribution in [0.1, 0.15) is 44.3 Å². The van der Waals surface area contributed by atoms with Crippen LogP contribution in [-0.2, 0) is 16.0 Å². The minimum Gasteiger partial charge on any atom is -0.469 e. The van der Waals surface area contributed by atoms with Crippen molar-refractivity contribution in [3.05, 3.63) is 16.1 Å². The molecule has 25 heavy (non-hydrogen) atoms. The van der Waals surface area contributed by atoms with E-state index in [4.69, 9.17) is 9.73 Å². The fraction of sp³-hybridized carbons (Fsp3) is 0.722. The van der Waals surface area contributed by atoms with Gasteiger partial charge in [-0.2, -0.15) is 0 Å². The second kappa shape index (κ2) is 9.17. The number of rotatable bonds is 6. The Morgan fingerprint density at radius 3 is 2.88 bits per heavy atom. The molecule has 2 atom stereocenters. The molecular formula is C18H30N4O2S. The molecule has 0 bridgehead atoms. The predicted octanol–water partition coefficient (Wildman–Crippen LogP) is 2.52. The van der Waals surface area contributed by atoms with Crippen LogP contribution in [0.5, 0.6) is 0 Å². The Labute approximate surface area is 154 Å². The van der Waals surface area contributed by atoms with E-state index < -0.39 is 0 Å². The molecule has 2 rings (SSSR count). The summed E-state index contributed by atoms with van der Waals surface area (Å²) in [7, 11) is 1.45. The molecule has 0 aromatic carbocycles. The molecule has 0 saturated carbocycles. The number of carbonyl (C=O) groups is 1. The third kappa shape index (κ3) is 5.17. The monoisotopic (exact) mass is 366 g/mol. The molecule has 0 spiro atoms. The maximum absolute atomic E-state index is 11.9. The fourth-order valence-electron chi connectivity index (χ4n) is 3.00. The zero-order valence-corrected chi connectivity index (χ0v) is 16.7. The summed E-state index contributed by atoms with van der Waals surface area (Å²) in [5.74, 6) is 1.40. The van der Waals surface area contributed by atoms with Gasteiger partial charge in [0.05, 0.1) is 23.7 Å². The Kier molecular flexibility index (Phi) is 7.23. The van der Waals surface area contributed by atoms with Gasteiger partial charge in [0, 0.05) is 43.9 Å². The third-order valence-corrected chi connectivity index (χ3v) is 5.64. The summed E-state index contributed by atoms with van der Waals surface area (Å²) in [6.07, 6.45) is 0.835. The smallest absolute Gasteiger partial charge is 0.310 e. The van der Waals surface area contributed by atoms with E-state index in [1.807, 2.05) is 0 Å². The molecule has 2 unspecified atom stereocenters. The van der Waals surface area contributed by atoms with Crippen molar-refractivity contribution in [3.63, 3.8) is 0 Å². The van der Waals surface area contributed by atoms with Gasteiger partial charge in [-0.3, -0.25) is 9.79 Å². The maximum Gasteiger partial charge on any atom is 0.310 e. The van der Waals surface area contributed by atoms with E-state index in [1.54, 1.807) is 11.3 Å². The number of hydrogen-bond acceptors (Lipinski definition) is 5. The first kappa shape index (κ1) is 19.7. The van der Waals surface area contributed by atoms with Crippen LogP contribution in [0, 0.1) is 11.8 Å². The van der Waals surface area contributed by atoms with Crippen LogP contribution in [0.4, 0.5) is 0 Å². The van der Waals surface area contributed by atoms with Crippen molar-refractivity contribution in [2.24, 2.45) is 16.8 Å². The van der Waals surface area contributed by atoms with Crippen LogP contribution in [0.25, 0.3) is 0 Å². The Bertz CT molecular complexity index is 600. The van der Waals surface area contributed by atoms with Crippen molar-refractivity contribution in [2.75, 3.05) is 33.3 Å². The number of carbonyl (C=O) groups excluding carboxylic acids is 1. The molecule has 0 amide bonds. The molecule has 2 heterocycles. The van der Waals surface area contributed by atoms with Crippen LogP contribution >= 0.6 is 11.3 Å². The number of aliphatic imine (C=N–C) groups is 1. The second-order valence-corrected chi connectivity index (χ2v) is 7.72. The number of esters is 1. The van der Waals surface area contributed by atoms with Gasteiger partial charge in [-0.25, -0.2) is 4.98 Å². The normalized spacial score (nSPS) is 21.0. The highest BCUT2D eigenvalue weighted by atomic mass is 32.1. The molecule has 1 fully saturated rings. The summed E-state index contributed by atoms with van der Waals surface area (Å²) in [5, 5.41) is 6.65. The number of nitrogens with zero attached hydrogens (tertiary/aromatic N) is 3. The molecule has 0 radical (unpaired) electrons. The molecule has 140 valence electrons. The summed E-state index contributed by atoms with van der Waals surface area (Å²) < 4.78 is 4.92. The van der Waals surface area contributed by atoms with Gasteiger partial charge in [0.25, 0.3) is 0 Å². The molecule has 7 heteroatoms. The van der Waals surface area contributed by atoms with E-state index in [1.165, 1.54) is 12.1 Å². The van der Waals surface area contributed by atoms with Crippen LogP contribution in [0.15, 0.2) is 10.4 Å². The van der Waals surface area contributed by atoms with Crippen LogP contribution in [-0.4, -0.2) is 55.1 Å². The standard InChI is InChI=1S/C18H30N4O2S/c1-6-19-18(22-9-13(4)15(10-22)17(23)24-5)20-8-7-14-11-25-16(21-14)12(2)3/h11-13,15H,6-10H2,1-5H3,(H,19,20). The molecule has 1 N–H and O–H groups in total. The SMILES string of the molecule is CCNC(=NCCc1csc(C(C)C)n1)N1CC(C)C(C(=O)OC)C1. The Morgan fingerprint density at radius 2 is 2.28 bits per heavy atom.